The summed E-state index contributed by atoms with van der Waals surface area (Å²) in [6.45, 7) is 1.79. The maximum absolute atomic E-state index is 5.62. The van der Waals surface area contributed by atoms with E-state index in [-0.39, 0.29) is 0 Å². The van der Waals surface area contributed by atoms with E-state index in [4.69, 9.17) is 10.5 Å². The highest BCUT2D eigenvalue weighted by Gasteiger charge is 2.20. The second-order valence-electron chi connectivity index (χ2n) is 3.59. The first kappa shape index (κ1) is 9.01. The Kier molecular flexibility index (Phi) is 3.87. The highest BCUT2D eigenvalue weighted by Crippen LogP contribution is 2.28. The van der Waals surface area contributed by atoms with E-state index in [0.29, 0.717) is 0 Å². The smallest absolute Gasteiger partial charge is 0.0490 e. The van der Waals surface area contributed by atoms with Gasteiger partial charge in [-0.25, -0.2) is 0 Å². The summed E-state index contributed by atoms with van der Waals surface area (Å²) < 4.78 is 5.13. The van der Waals surface area contributed by atoms with Gasteiger partial charge in [0.25, 0.3) is 0 Å². The number of hydrogen-bond acceptors (Lipinski definition) is 2. The molecule has 0 amide bonds. The monoisotopic (exact) mass is 157 g/mol. The SMILES string of the molecule is COC[C@@H]1CCC[C@H](CN)C1. The molecule has 0 radical (unpaired) electrons. The summed E-state index contributed by atoms with van der Waals surface area (Å²) in [5, 5.41) is 0. The molecule has 1 aliphatic carbocycles. The minimum atomic E-state index is 0.767. The maximum atomic E-state index is 5.62. The van der Waals surface area contributed by atoms with E-state index < -0.39 is 0 Å². The summed E-state index contributed by atoms with van der Waals surface area (Å²) in [6.07, 6.45) is 5.29. The molecule has 0 bridgehead atoms. The van der Waals surface area contributed by atoms with Crippen molar-refractivity contribution in [2.45, 2.75) is 25.7 Å². The predicted molar refractivity (Wildman–Crippen MR) is 46.4 cm³/mol. The summed E-state index contributed by atoms with van der Waals surface area (Å²) >= 11 is 0. The van der Waals surface area contributed by atoms with Crippen molar-refractivity contribution in [2.24, 2.45) is 17.6 Å². The van der Waals surface area contributed by atoms with Gasteiger partial charge in [0.1, 0.15) is 0 Å². The fourth-order valence-corrected chi connectivity index (χ4v) is 2.00. The first-order chi connectivity index (χ1) is 5.36. The van der Waals surface area contributed by atoms with Gasteiger partial charge in [0.2, 0.25) is 0 Å². The fourth-order valence-electron chi connectivity index (χ4n) is 2.00. The van der Waals surface area contributed by atoms with Gasteiger partial charge >= 0.3 is 0 Å². The van der Waals surface area contributed by atoms with Gasteiger partial charge in [-0.1, -0.05) is 6.42 Å². The highest BCUT2D eigenvalue weighted by molar-refractivity contribution is 4.73. The van der Waals surface area contributed by atoms with Gasteiger partial charge < -0.3 is 10.5 Å². The molecule has 0 aromatic carbocycles. The van der Waals surface area contributed by atoms with Crippen LogP contribution in [0.4, 0.5) is 0 Å². The largest absolute Gasteiger partial charge is 0.384 e. The van der Waals surface area contributed by atoms with E-state index in [1.807, 2.05) is 0 Å². The molecule has 0 heterocycles. The van der Waals surface area contributed by atoms with E-state index in [1.165, 1.54) is 25.7 Å². The van der Waals surface area contributed by atoms with Crippen LogP contribution in [0, 0.1) is 11.8 Å². The summed E-state index contributed by atoms with van der Waals surface area (Å²) in [4.78, 5) is 0. The number of rotatable bonds is 3. The van der Waals surface area contributed by atoms with Gasteiger partial charge in [0, 0.05) is 13.7 Å². The molecule has 0 aliphatic heterocycles. The van der Waals surface area contributed by atoms with Gasteiger partial charge in [-0.15, -0.1) is 0 Å². The van der Waals surface area contributed by atoms with Crippen LogP contribution >= 0.6 is 0 Å². The molecular weight excluding hydrogens is 138 g/mol. The van der Waals surface area contributed by atoms with Crippen molar-refractivity contribution >= 4 is 0 Å². The zero-order chi connectivity index (χ0) is 8.10. The van der Waals surface area contributed by atoms with Crippen LogP contribution in [0.15, 0.2) is 0 Å². The van der Waals surface area contributed by atoms with E-state index >= 15 is 0 Å². The van der Waals surface area contributed by atoms with Crippen molar-refractivity contribution in [1.82, 2.24) is 0 Å². The first-order valence-electron chi connectivity index (χ1n) is 4.55. The summed E-state index contributed by atoms with van der Waals surface area (Å²) in [7, 11) is 1.78. The fraction of sp³-hybridized carbons (Fsp3) is 1.00. The van der Waals surface area contributed by atoms with E-state index in [2.05, 4.69) is 0 Å². The molecule has 0 aromatic heterocycles. The van der Waals surface area contributed by atoms with E-state index in [9.17, 15) is 0 Å². The molecule has 2 heteroatoms. The average molecular weight is 157 g/mol. The van der Waals surface area contributed by atoms with Crippen molar-refractivity contribution in [3.8, 4) is 0 Å². The zero-order valence-corrected chi connectivity index (χ0v) is 7.38. The van der Waals surface area contributed by atoms with E-state index in [0.717, 1.165) is 25.0 Å². The van der Waals surface area contributed by atoms with Crippen molar-refractivity contribution < 1.29 is 4.74 Å². The molecule has 1 aliphatic rings. The van der Waals surface area contributed by atoms with E-state index in [1.54, 1.807) is 7.11 Å². The minimum Gasteiger partial charge on any atom is -0.384 e. The lowest BCUT2D eigenvalue weighted by molar-refractivity contribution is 0.116. The van der Waals surface area contributed by atoms with Crippen LogP contribution in [0.25, 0.3) is 0 Å². The molecule has 11 heavy (non-hydrogen) atoms. The standard InChI is InChI=1S/C9H19NO/c1-11-7-9-4-2-3-8(5-9)6-10/h8-9H,2-7,10H2,1H3/t8-,9+/m0/s1. The number of methoxy groups -OCH3 is 1. The minimum absolute atomic E-state index is 0.767. The van der Waals surface area contributed by atoms with Crippen LogP contribution in [0.1, 0.15) is 25.7 Å². The van der Waals surface area contributed by atoms with Crippen LogP contribution < -0.4 is 5.73 Å². The van der Waals surface area contributed by atoms with Gasteiger partial charge in [-0.3, -0.25) is 0 Å². The summed E-state index contributed by atoms with van der Waals surface area (Å²) in [6, 6.07) is 0. The topological polar surface area (TPSA) is 35.2 Å². The van der Waals surface area contributed by atoms with Gasteiger partial charge in [0.05, 0.1) is 0 Å². The van der Waals surface area contributed by atoms with Gasteiger partial charge in [0.15, 0.2) is 0 Å². The van der Waals surface area contributed by atoms with Crippen molar-refractivity contribution in [3.05, 3.63) is 0 Å². The third-order valence-electron chi connectivity index (χ3n) is 2.63. The molecular formula is C9H19NO. The number of hydrogen-bond donors (Lipinski definition) is 1. The highest BCUT2D eigenvalue weighted by atomic mass is 16.5. The number of ether oxygens (including phenoxy) is 1. The molecule has 1 rings (SSSR count). The molecule has 1 saturated carbocycles. The Hall–Kier alpha value is -0.0800. The van der Waals surface area contributed by atoms with Crippen molar-refractivity contribution in [1.29, 1.82) is 0 Å². The molecule has 2 atom stereocenters. The molecule has 0 spiro atoms. The third kappa shape index (κ3) is 2.80. The lowest BCUT2D eigenvalue weighted by atomic mass is 9.82. The molecule has 0 aromatic rings. The Balaban J connectivity index is 2.21. The maximum Gasteiger partial charge on any atom is 0.0490 e. The van der Waals surface area contributed by atoms with Crippen LogP contribution in [0.2, 0.25) is 0 Å². The molecule has 0 saturated heterocycles. The molecule has 1 fully saturated rings. The van der Waals surface area contributed by atoms with Gasteiger partial charge in [-0.05, 0) is 37.6 Å². The van der Waals surface area contributed by atoms with Crippen LogP contribution in [0.5, 0.6) is 0 Å². The Bertz CT molecular complexity index is 104. The second kappa shape index (κ2) is 4.73. The van der Waals surface area contributed by atoms with Crippen LogP contribution in [0.3, 0.4) is 0 Å². The Labute approximate surface area is 69.1 Å². The summed E-state index contributed by atoms with van der Waals surface area (Å²) in [5.74, 6) is 1.55. The zero-order valence-electron chi connectivity index (χ0n) is 7.38. The van der Waals surface area contributed by atoms with Crippen LogP contribution in [-0.4, -0.2) is 20.3 Å². The van der Waals surface area contributed by atoms with Gasteiger partial charge in [-0.2, -0.15) is 0 Å². The molecule has 2 N–H and O–H groups in total. The van der Waals surface area contributed by atoms with Crippen molar-refractivity contribution in [2.75, 3.05) is 20.3 Å². The normalized spacial score (nSPS) is 32.2. The molecule has 66 valence electrons. The Morgan fingerprint density at radius 2 is 2.09 bits per heavy atom. The third-order valence-corrected chi connectivity index (χ3v) is 2.63. The lowest BCUT2D eigenvalue weighted by Gasteiger charge is -2.27. The predicted octanol–water partition coefficient (Wildman–Crippen LogP) is 1.40. The molecule has 2 nitrogen and oxygen atoms in total. The average Bonchev–Trinajstić information content (AvgIpc) is 2.06. The van der Waals surface area contributed by atoms with Crippen LogP contribution in [-0.2, 0) is 4.74 Å². The Morgan fingerprint density at radius 1 is 1.36 bits per heavy atom. The summed E-state index contributed by atoms with van der Waals surface area (Å²) in [5.41, 5.74) is 5.62. The quantitative estimate of drug-likeness (QED) is 0.672. The second-order valence-corrected chi connectivity index (χ2v) is 3.59. The molecule has 0 unspecified atom stereocenters. The lowest BCUT2D eigenvalue weighted by Crippen LogP contribution is -2.24. The van der Waals surface area contributed by atoms with Crippen molar-refractivity contribution in [3.63, 3.8) is 0 Å². The first-order valence-corrected chi connectivity index (χ1v) is 4.55. The Morgan fingerprint density at radius 3 is 2.73 bits per heavy atom. The number of nitrogens with two attached hydrogens (primary N) is 1.